The third kappa shape index (κ3) is 11.1. The van der Waals surface area contributed by atoms with Crippen molar-refractivity contribution >= 4 is 21.6 Å². The minimum atomic E-state index is 0. The second kappa shape index (κ2) is 10.3. The van der Waals surface area contributed by atoms with Crippen molar-refractivity contribution < 1.29 is 19.5 Å². The second-order valence-corrected chi connectivity index (χ2v) is 3.85. The van der Waals surface area contributed by atoms with E-state index < -0.39 is 0 Å². The molecule has 0 N–H and O–H groups in total. The molecule has 0 saturated carbocycles. The molecule has 7 heavy (non-hydrogen) atoms. The zero-order chi connectivity index (χ0) is 4.83. The van der Waals surface area contributed by atoms with Gasteiger partial charge in [-0.1, -0.05) is 35.4 Å². The van der Waals surface area contributed by atoms with Gasteiger partial charge >= 0.3 is 0 Å². The Hall–Kier alpha value is 1.32. The molecule has 0 rings (SSSR count). The fourth-order valence-electron chi connectivity index (χ4n) is 0.167. The molecule has 0 saturated heterocycles. The summed E-state index contributed by atoms with van der Waals surface area (Å²) in [5.74, 6) is 2.47. The van der Waals surface area contributed by atoms with Crippen molar-refractivity contribution in [1.29, 1.82) is 0 Å². The van der Waals surface area contributed by atoms with Gasteiger partial charge in [-0.2, -0.15) is 0 Å². The van der Waals surface area contributed by atoms with Crippen LogP contribution in [0.4, 0.5) is 0 Å². The van der Waals surface area contributed by atoms with Crippen molar-refractivity contribution in [3.63, 3.8) is 0 Å². The summed E-state index contributed by atoms with van der Waals surface area (Å²) in [6.45, 7) is 4.35. The van der Waals surface area contributed by atoms with Crippen molar-refractivity contribution in [2.75, 3.05) is 11.5 Å². The van der Waals surface area contributed by atoms with Crippen LogP contribution in [0.25, 0.3) is 0 Å². The van der Waals surface area contributed by atoms with Gasteiger partial charge in [-0.15, -0.1) is 0 Å². The summed E-state index contributed by atoms with van der Waals surface area (Å²) in [6.07, 6.45) is 0. The standard InChI is InChI=1S/C4H10S2.Zn/c1-3-5-6-4-2;/h3-4H2,1-2H3;. The van der Waals surface area contributed by atoms with Gasteiger partial charge in [0.25, 0.3) is 0 Å². The molecule has 0 nitrogen and oxygen atoms in total. The van der Waals surface area contributed by atoms with Gasteiger partial charge in [-0.3, -0.25) is 0 Å². The van der Waals surface area contributed by atoms with E-state index in [9.17, 15) is 0 Å². The van der Waals surface area contributed by atoms with E-state index in [4.69, 9.17) is 0 Å². The van der Waals surface area contributed by atoms with Gasteiger partial charge in [-0.25, -0.2) is 0 Å². The molecule has 0 radical (unpaired) electrons. The van der Waals surface area contributed by atoms with Gasteiger partial charge < -0.3 is 0 Å². The Balaban J connectivity index is 0. The van der Waals surface area contributed by atoms with Crippen LogP contribution in [0.1, 0.15) is 13.8 Å². The summed E-state index contributed by atoms with van der Waals surface area (Å²) < 4.78 is 0. The van der Waals surface area contributed by atoms with E-state index in [-0.39, 0.29) is 19.5 Å². The Morgan fingerprint density at radius 2 is 1.29 bits per heavy atom. The fourth-order valence-corrected chi connectivity index (χ4v) is 1.50. The average molecular weight is 188 g/mol. The topological polar surface area (TPSA) is 0 Å². The maximum absolute atomic E-state index is 2.17. The maximum Gasteiger partial charge on any atom is 0.000844 e. The Labute approximate surface area is 66.4 Å². The normalized spacial score (nSPS) is 7.71. The molecular weight excluding hydrogens is 178 g/mol. The quantitative estimate of drug-likeness (QED) is 0.378. The largest absolute Gasteiger partial charge is 0.0945 e. The molecule has 40 valence electrons. The molecule has 0 aromatic carbocycles. The molecule has 0 amide bonds. The first-order chi connectivity index (χ1) is 2.91. The van der Waals surface area contributed by atoms with E-state index in [0.29, 0.717) is 0 Å². The monoisotopic (exact) mass is 186 g/mol. The number of hydrogen-bond donors (Lipinski definition) is 0. The summed E-state index contributed by atoms with van der Waals surface area (Å²) in [5, 5.41) is 0. The minimum Gasteiger partial charge on any atom is -0.0945 e. The van der Waals surface area contributed by atoms with Crippen molar-refractivity contribution in [3.8, 4) is 0 Å². The van der Waals surface area contributed by atoms with Gasteiger partial charge in [0.1, 0.15) is 0 Å². The predicted octanol–water partition coefficient (Wildman–Crippen LogP) is 2.41. The average Bonchev–Trinajstić information content (AvgIpc) is 1.61. The minimum absolute atomic E-state index is 0. The van der Waals surface area contributed by atoms with Crippen LogP contribution in [0.3, 0.4) is 0 Å². The van der Waals surface area contributed by atoms with Gasteiger partial charge in [-0.05, 0) is 0 Å². The van der Waals surface area contributed by atoms with E-state index >= 15 is 0 Å². The van der Waals surface area contributed by atoms with Crippen molar-refractivity contribution in [2.45, 2.75) is 13.8 Å². The van der Waals surface area contributed by atoms with E-state index in [0.717, 1.165) is 0 Å². The van der Waals surface area contributed by atoms with Gasteiger partial charge in [0.05, 0.1) is 0 Å². The molecule has 0 aliphatic rings. The van der Waals surface area contributed by atoms with Crippen LogP contribution < -0.4 is 0 Å². The van der Waals surface area contributed by atoms with E-state index in [1.54, 1.807) is 0 Å². The Kier molecular flexibility index (Phi) is 16.5. The van der Waals surface area contributed by atoms with E-state index in [1.807, 2.05) is 21.6 Å². The third-order valence-corrected chi connectivity index (χ3v) is 2.87. The van der Waals surface area contributed by atoms with Crippen molar-refractivity contribution in [2.24, 2.45) is 0 Å². The van der Waals surface area contributed by atoms with Gasteiger partial charge in [0.15, 0.2) is 0 Å². The Morgan fingerprint density at radius 1 is 1.00 bits per heavy atom. The van der Waals surface area contributed by atoms with Crippen molar-refractivity contribution in [1.82, 2.24) is 0 Å². The molecule has 3 heteroatoms. The van der Waals surface area contributed by atoms with Crippen LogP contribution >= 0.6 is 21.6 Å². The maximum atomic E-state index is 2.17. The third-order valence-electron chi connectivity index (χ3n) is 0.319. The molecule has 0 spiro atoms. The van der Waals surface area contributed by atoms with Crippen LogP contribution in [0.15, 0.2) is 0 Å². The SMILES string of the molecule is CCSSCC.[Zn]. The summed E-state index contributed by atoms with van der Waals surface area (Å²) in [7, 11) is 3.85. The first-order valence-corrected chi connectivity index (χ1v) is 4.65. The molecule has 0 aliphatic heterocycles. The second-order valence-electron chi connectivity index (χ2n) is 0.813. The smallest absolute Gasteiger partial charge is 0.000844 e. The molecule has 0 fully saturated rings. The molecule has 0 heterocycles. The fraction of sp³-hybridized carbons (Fsp3) is 1.00. The van der Waals surface area contributed by atoms with Gasteiger partial charge in [0.2, 0.25) is 0 Å². The summed E-state index contributed by atoms with van der Waals surface area (Å²) in [5.41, 5.74) is 0. The summed E-state index contributed by atoms with van der Waals surface area (Å²) in [6, 6.07) is 0. The number of hydrogen-bond acceptors (Lipinski definition) is 2. The van der Waals surface area contributed by atoms with Crippen LogP contribution in [-0.4, -0.2) is 11.5 Å². The summed E-state index contributed by atoms with van der Waals surface area (Å²) in [4.78, 5) is 0. The van der Waals surface area contributed by atoms with Crippen LogP contribution in [-0.2, 0) is 19.5 Å². The van der Waals surface area contributed by atoms with E-state index in [2.05, 4.69) is 13.8 Å². The Morgan fingerprint density at radius 3 is 1.43 bits per heavy atom. The van der Waals surface area contributed by atoms with Crippen molar-refractivity contribution in [3.05, 3.63) is 0 Å². The molecule has 0 unspecified atom stereocenters. The van der Waals surface area contributed by atoms with Crippen LogP contribution in [0.5, 0.6) is 0 Å². The first kappa shape index (κ1) is 11.2. The molecule has 0 aromatic rings. The zero-order valence-corrected chi connectivity index (χ0v) is 9.54. The molecule has 0 bridgehead atoms. The number of rotatable bonds is 3. The summed E-state index contributed by atoms with van der Waals surface area (Å²) >= 11 is 0. The molecule has 0 atom stereocenters. The Bertz CT molecular complexity index is 21.7. The molecule has 0 aromatic heterocycles. The van der Waals surface area contributed by atoms with Crippen LogP contribution in [0.2, 0.25) is 0 Å². The molecule has 0 aliphatic carbocycles. The first-order valence-electron chi connectivity index (χ1n) is 2.16. The van der Waals surface area contributed by atoms with Gasteiger partial charge in [0, 0.05) is 31.0 Å². The van der Waals surface area contributed by atoms with Crippen LogP contribution in [0, 0.1) is 0 Å². The van der Waals surface area contributed by atoms with E-state index in [1.165, 1.54) is 11.5 Å². The zero-order valence-electron chi connectivity index (χ0n) is 4.94. The molecular formula is C4H10S2Zn. The predicted molar refractivity (Wildman–Crippen MR) is 36.3 cm³/mol.